The van der Waals surface area contributed by atoms with E-state index in [1.807, 2.05) is 6.92 Å². The van der Waals surface area contributed by atoms with Gasteiger partial charge >= 0.3 is 0 Å². The van der Waals surface area contributed by atoms with Gasteiger partial charge in [-0.1, -0.05) is 6.07 Å². The Kier molecular flexibility index (Phi) is 4.80. The first-order valence-electron chi connectivity index (χ1n) is 7.85. The Hall–Kier alpha value is -2.41. The van der Waals surface area contributed by atoms with E-state index < -0.39 is 0 Å². The van der Waals surface area contributed by atoms with Crippen molar-refractivity contribution < 1.29 is 14.7 Å². The summed E-state index contributed by atoms with van der Waals surface area (Å²) in [5, 5.41) is 17.3. The van der Waals surface area contributed by atoms with Gasteiger partial charge < -0.3 is 10.4 Å². The van der Waals surface area contributed by atoms with Gasteiger partial charge in [0, 0.05) is 17.0 Å². The first-order valence-corrected chi connectivity index (χ1v) is 8.73. The van der Waals surface area contributed by atoms with Crippen LogP contribution in [0.4, 0.5) is 5.13 Å². The van der Waals surface area contributed by atoms with Crippen molar-refractivity contribution in [1.82, 2.24) is 10.3 Å². The molecule has 7 heteroatoms. The van der Waals surface area contributed by atoms with Crippen LogP contribution in [0.5, 0.6) is 5.75 Å². The highest BCUT2D eigenvalue weighted by molar-refractivity contribution is 7.14. The van der Waals surface area contributed by atoms with Crippen molar-refractivity contribution in [2.75, 3.05) is 5.32 Å². The molecule has 0 spiro atoms. The number of benzene rings is 1. The topological polar surface area (TPSA) is 91.3 Å². The van der Waals surface area contributed by atoms with Crippen LogP contribution in [0, 0.1) is 5.92 Å². The van der Waals surface area contributed by atoms with Crippen LogP contribution in [0.25, 0.3) is 0 Å². The number of phenols is 1. The van der Waals surface area contributed by atoms with Gasteiger partial charge in [-0.15, -0.1) is 11.3 Å². The maximum Gasteiger partial charge on any atom is 0.257 e. The Morgan fingerprint density at radius 2 is 2.21 bits per heavy atom. The molecule has 24 heavy (non-hydrogen) atoms. The number of hydrogen-bond acceptors (Lipinski definition) is 5. The lowest BCUT2D eigenvalue weighted by atomic mass is 10.2. The van der Waals surface area contributed by atoms with E-state index in [1.165, 1.54) is 36.3 Å². The fourth-order valence-corrected chi connectivity index (χ4v) is 3.15. The average Bonchev–Trinajstić information content (AvgIpc) is 3.30. The lowest BCUT2D eigenvalue weighted by Gasteiger charge is -2.11. The quantitative estimate of drug-likeness (QED) is 0.750. The van der Waals surface area contributed by atoms with Crippen molar-refractivity contribution in [1.29, 1.82) is 0 Å². The Morgan fingerprint density at radius 1 is 1.42 bits per heavy atom. The van der Waals surface area contributed by atoms with Gasteiger partial charge in [0.15, 0.2) is 5.13 Å². The second-order valence-electron chi connectivity index (χ2n) is 6.02. The van der Waals surface area contributed by atoms with E-state index in [4.69, 9.17) is 0 Å². The third-order valence-electron chi connectivity index (χ3n) is 3.94. The van der Waals surface area contributed by atoms with Gasteiger partial charge in [-0.3, -0.25) is 14.9 Å². The van der Waals surface area contributed by atoms with Gasteiger partial charge in [0.25, 0.3) is 5.91 Å². The van der Waals surface area contributed by atoms with Crippen LogP contribution >= 0.6 is 11.3 Å². The molecule has 1 saturated carbocycles. The molecule has 2 amide bonds. The molecule has 0 saturated heterocycles. The van der Waals surface area contributed by atoms with Gasteiger partial charge in [-0.05, 0) is 43.9 Å². The maximum absolute atomic E-state index is 12.1. The third-order valence-corrected chi connectivity index (χ3v) is 4.75. The number of phenolic OH excluding ortho intramolecular Hbond substituents is 1. The normalized spacial score (nSPS) is 14.9. The highest BCUT2D eigenvalue weighted by atomic mass is 32.1. The molecular weight excluding hydrogens is 326 g/mol. The SMILES string of the molecule is CC(NC(=O)Cc1csc(NC(=O)c2cccc(O)c2)n1)C1CC1. The number of aromatic nitrogens is 1. The summed E-state index contributed by atoms with van der Waals surface area (Å²) in [6.45, 7) is 2.03. The van der Waals surface area contributed by atoms with E-state index in [0.29, 0.717) is 22.3 Å². The predicted molar refractivity (Wildman–Crippen MR) is 92.2 cm³/mol. The summed E-state index contributed by atoms with van der Waals surface area (Å²) in [6, 6.07) is 6.30. The number of nitrogens with one attached hydrogen (secondary N) is 2. The van der Waals surface area contributed by atoms with Crippen LogP contribution in [0.3, 0.4) is 0 Å². The molecule has 1 fully saturated rings. The molecule has 0 aliphatic heterocycles. The fourth-order valence-electron chi connectivity index (χ4n) is 2.45. The molecule has 1 aliphatic rings. The predicted octanol–water partition coefficient (Wildman–Crippen LogP) is 2.56. The standard InChI is InChI=1S/C17H19N3O3S/c1-10(11-5-6-11)18-15(22)8-13-9-24-17(19-13)20-16(23)12-3-2-4-14(21)7-12/h2-4,7,9-11,21H,5-6,8H2,1H3,(H,18,22)(H,19,20,23). The summed E-state index contributed by atoms with van der Waals surface area (Å²) in [7, 11) is 0. The molecule has 1 aromatic carbocycles. The molecule has 6 nitrogen and oxygen atoms in total. The fraction of sp³-hybridized carbons (Fsp3) is 0.353. The molecule has 126 valence electrons. The summed E-state index contributed by atoms with van der Waals surface area (Å²) >= 11 is 1.27. The van der Waals surface area contributed by atoms with Crippen molar-refractivity contribution >= 4 is 28.3 Å². The van der Waals surface area contributed by atoms with Crippen molar-refractivity contribution in [2.24, 2.45) is 5.92 Å². The first-order chi connectivity index (χ1) is 11.5. The number of rotatable bonds is 6. The minimum atomic E-state index is -0.349. The number of amides is 2. The van der Waals surface area contributed by atoms with Crippen LogP contribution in [-0.2, 0) is 11.2 Å². The summed E-state index contributed by atoms with van der Waals surface area (Å²) in [6.07, 6.45) is 2.57. The van der Waals surface area contributed by atoms with E-state index in [-0.39, 0.29) is 30.0 Å². The highest BCUT2D eigenvalue weighted by Crippen LogP contribution is 2.32. The van der Waals surface area contributed by atoms with Crippen LogP contribution in [-0.4, -0.2) is 27.9 Å². The number of carbonyl (C=O) groups is 2. The zero-order valence-corrected chi connectivity index (χ0v) is 14.1. The lowest BCUT2D eigenvalue weighted by molar-refractivity contribution is -0.121. The Bertz CT molecular complexity index is 755. The van der Waals surface area contributed by atoms with Crippen molar-refractivity contribution in [2.45, 2.75) is 32.2 Å². The lowest BCUT2D eigenvalue weighted by Crippen LogP contribution is -2.35. The maximum atomic E-state index is 12.1. The molecule has 1 unspecified atom stereocenters. The second kappa shape index (κ2) is 7.00. The third kappa shape index (κ3) is 4.32. The monoisotopic (exact) mass is 345 g/mol. The van der Waals surface area contributed by atoms with E-state index >= 15 is 0 Å². The number of nitrogens with zero attached hydrogens (tertiary/aromatic N) is 1. The van der Waals surface area contributed by atoms with Gasteiger partial charge in [0.2, 0.25) is 5.91 Å². The van der Waals surface area contributed by atoms with E-state index in [1.54, 1.807) is 17.5 Å². The van der Waals surface area contributed by atoms with Crippen LogP contribution in [0.15, 0.2) is 29.6 Å². The molecule has 1 aliphatic carbocycles. The molecule has 1 heterocycles. The number of anilines is 1. The number of thiazole rings is 1. The Labute approximate surface area is 143 Å². The molecule has 2 aromatic rings. The number of aromatic hydroxyl groups is 1. The average molecular weight is 345 g/mol. The minimum absolute atomic E-state index is 0.0314. The first kappa shape index (κ1) is 16.4. The molecule has 3 N–H and O–H groups in total. The second-order valence-corrected chi connectivity index (χ2v) is 6.88. The molecule has 3 rings (SSSR count). The smallest absolute Gasteiger partial charge is 0.257 e. The summed E-state index contributed by atoms with van der Waals surface area (Å²) < 4.78 is 0. The zero-order valence-electron chi connectivity index (χ0n) is 13.3. The highest BCUT2D eigenvalue weighted by Gasteiger charge is 2.28. The minimum Gasteiger partial charge on any atom is -0.508 e. The van der Waals surface area contributed by atoms with Crippen LogP contribution in [0.1, 0.15) is 35.8 Å². The van der Waals surface area contributed by atoms with Crippen LogP contribution < -0.4 is 10.6 Å². The van der Waals surface area contributed by atoms with Gasteiger partial charge in [0.05, 0.1) is 12.1 Å². The van der Waals surface area contributed by atoms with Gasteiger partial charge in [-0.25, -0.2) is 4.98 Å². The molecule has 1 atom stereocenters. The molecule has 0 radical (unpaired) electrons. The van der Waals surface area contributed by atoms with Crippen molar-refractivity contribution in [3.05, 3.63) is 40.9 Å². The molecular formula is C17H19N3O3S. The Balaban J connectivity index is 1.55. The molecule has 0 bridgehead atoms. The van der Waals surface area contributed by atoms with Crippen molar-refractivity contribution in [3.8, 4) is 5.75 Å². The zero-order chi connectivity index (χ0) is 17.1. The van der Waals surface area contributed by atoms with E-state index in [0.717, 1.165) is 0 Å². The van der Waals surface area contributed by atoms with Gasteiger partial charge in [-0.2, -0.15) is 0 Å². The molecule has 1 aromatic heterocycles. The van der Waals surface area contributed by atoms with Crippen LogP contribution in [0.2, 0.25) is 0 Å². The van der Waals surface area contributed by atoms with Crippen molar-refractivity contribution in [3.63, 3.8) is 0 Å². The van der Waals surface area contributed by atoms with Gasteiger partial charge in [0.1, 0.15) is 5.75 Å². The number of carbonyl (C=O) groups excluding carboxylic acids is 2. The van der Waals surface area contributed by atoms with E-state index in [2.05, 4.69) is 15.6 Å². The largest absolute Gasteiger partial charge is 0.508 e. The Morgan fingerprint density at radius 3 is 2.92 bits per heavy atom. The summed E-state index contributed by atoms with van der Waals surface area (Å²) in [5.41, 5.74) is 0.981. The number of hydrogen-bond donors (Lipinski definition) is 3. The van der Waals surface area contributed by atoms with E-state index in [9.17, 15) is 14.7 Å². The summed E-state index contributed by atoms with van der Waals surface area (Å²) in [5.74, 6) is 0.245. The summed E-state index contributed by atoms with van der Waals surface area (Å²) in [4.78, 5) is 28.3.